The van der Waals surface area contributed by atoms with Crippen LogP contribution in [0, 0.1) is 33.6 Å². The van der Waals surface area contributed by atoms with E-state index in [4.69, 9.17) is 21.7 Å². The Labute approximate surface area is 188 Å². The summed E-state index contributed by atoms with van der Waals surface area (Å²) in [4.78, 5) is 18.3. The fourth-order valence-electron chi connectivity index (χ4n) is 5.00. The summed E-state index contributed by atoms with van der Waals surface area (Å²) in [7, 11) is 0. The molecule has 1 saturated heterocycles. The van der Waals surface area contributed by atoms with E-state index < -0.39 is 5.97 Å². The fraction of sp³-hybridized carbons (Fsp3) is 0.440. The maximum Gasteiger partial charge on any atom is 0.303 e. The molecule has 3 aromatic rings. The van der Waals surface area contributed by atoms with Crippen LogP contribution < -0.4 is 4.90 Å². The number of pyridine rings is 1. The molecule has 4 rings (SSSR count). The predicted molar refractivity (Wildman–Crippen MR) is 127 cm³/mol. The van der Waals surface area contributed by atoms with Crippen molar-refractivity contribution in [2.45, 2.75) is 53.4 Å². The normalized spacial score (nSPS) is 15.1. The van der Waals surface area contributed by atoms with Gasteiger partial charge in [-0.1, -0.05) is 11.6 Å². The van der Waals surface area contributed by atoms with E-state index in [9.17, 15) is 4.79 Å². The second-order valence-electron chi connectivity index (χ2n) is 8.91. The molecular formula is C25H30ClN3O2. The van der Waals surface area contributed by atoms with E-state index in [2.05, 4.69) is 49.4 Å². The first kappa shape index (κ1) is 21.7. The van der Waals surface area contributed by atoms with Gasteiger partial charge in [0.05, 0.1) is 5.69 Å². The number of nitrogens with zero attached hydrogens (tertiary/aromatic N) is 3. The Bertz CT molecular complexity index is 1120. The minimum atomic E-state index is -0.696. The highest BCUT2D eigenvalue weighted by Crippen LogP contribution is 2.36. The van der Waals surface area contributed by atoms with Crippen molar-refractivity contribution in [1.29, 1.82) is 0 Å². The lowest BCUT2D eigenvalue weighted by molar-refractivity contribution is -0.137. The molecule has 0 spiro atoms. The minimum absolute atomic E-state index is 0.269. The zero-order valence-electron chi connectivity index (χ0n) is 18.7. The van der Waals surface area contributed by atoms with Crippen molar-refractivity contribution < 1.29 is 9.90 Å². The average Bonchev–Trinajstić information content (AvgIpc) is 3.01. The number of rotatable bonds is 5. The summed E-state index contributed by atoms with van der Waals surface area (Å²) in [5.41, 5.74) is 7.82. The number of fused-ring (bicyclic) bond motifs is 1. The Morgan fingerprint density at radius 3 is 2.35 bits per heavy atom. The van der Waals surface area contributed by atoms with Crippen molar-refractivity contribution in [2.75, 3.05) is 18.0 Å². The predicted octanol–water partition coefficient (Wildman–Crippen LogP) is 5.99. The van der Waals surface area contributed by atoms with Crippen LogP contribution in [0.2, 0.25) is 5.02 Å². The number of benzene rings is 1. The number of hydrogen-bond acceptors (Lipinski definition) is 3. The molecule has 31 heavy (non-hydrogen) atoms. The van der Waals surface area contributed by atoms with Crippen LogP contribution in [0.3, 0.4) is 0 Å². The maximum absolute atomic E-state index is 10.9. The average molecular weight is 440 g/mol. The highest BCUT2D eigenvalue weighted by molar-refractivity contribution is 6.30. The van der Waals surface area contributed by atoms with Crippen LogP contribution in [0.15, 0.2) is 24.4 Å². The van der Waals surface area contributed by atoms with E-state index >= 15 is 0 Å². The van der Waals surface area contributed by atoms with Crippen LogP contribution in [0.1, 0.15) is 48.1 Å². The van der Waals surface area contributed by atoms with Gasteiger partial charge in [0.1, 0.15) is 5.65 Å². The molecule has 1 aliphatic heterocycles. The zero-order chi connectivity index (χ0) is 22.3. The number of carboxylic acid groups (broad SMARTS) is 1. The fourth-order valence-corrected chi connectivity index (χ4v) is 5.33. The van der Waals surface area contributed by atoms with Crippen molar-refractivity contribution in [2.24, 2.45) is 5.92 Å². The quantitative estimate of drug-likeness (QED) is 0.530. The minimum Gasteiger partial charge on any atom is -0.481 e. The lowest BCUT2D eigenvalue weighted by Gasteiger charge is -2.34. The van der Waals surface area contributed by atoms with Gasteiger partial charge in [-0.2, -0.15) is 0 Å². The standard InChI is InChI=1S/C25H30ClN3O2/c1-15-11-20(26)12-16(2)24(15)29-14-17(3)23-21(13-18(4)27-25(23)29)28-9-7-19(8-10-28)5-6-22(30)31/h11-14,19H,5-10H2,1-4H3,(H,30,31). The highest BCUT2D eigenvalue weighted by Gasteiger charge is 2.24. The van der Waals surface area contributed by atoms with Gasteiger partial charge in [-0.05, 0) is 87.8 Å². The molecule has 3 heterocycles. The van der Waals surface area contributed by atoms with Gasteiger partial charge in [-0.3, -0.25) is 4.79 Å². The van der Waals surface area contributed by atoms with Gasteiger partial charge in [0.25, 0.3) is 0 Å². The van der Waals surface area contributed by atoms with Crippen molar-refractivity contribution in [3.63, 3.8) is 0 Å². The number of hydrogen-bond donors (Lipinski definition) is 1. The largest absolute Gasteiger partial charge is 0.481 e. The van der Waals surface area contributed by atoms with E-state index in [-0.39, 0.29) is 6.42 Å². The van der Waals surface area contributed by atoms with Crippen molar-refractivity contribution >= 4 is 34.3 Å². The number of piperidine rings is 1. The molecule has 0 atom stereocenters. The van der Waals surface area contributed by atoms with Crippen molar-refractivity contribution in [3.8, 4) is 5.69 Å². The summed E-state index contributed by atoms with van der Waals surface area (Å²) < 4.78 is 2.21. The van der Waals surface area contributed by atoms with E-state index in [1.807, 2.05) is 12.1 Å². The third-order valence-electron chi connectivity index (χ3n) is 6.47. The van der Waals surface area contributed by atoms with E-state index in [0.29, 0.717) is 5.92 Å². The number of halogens is 1. The van der Waals surface area contributed by atoms with Crippen LogP contribution in [-0.2, 0) is 4.79 Å². The molecule has 1 N–H and O–H groups in total. The Hall–Kier alpha value is -2.53. The molecular weight excluding hydrogens is 410 g/mol. The SMILES string of the molecule is Cc1cc(N2CCC(CCC(=O)O)CC2)c2c(C)cn(-c3c(C)cc(Cl)cc3C)c2n1. The van der Waals surface area contributed by atoms with Gasteiger partial charge in [0.15, 0.2) is 0 Å². The molecule has 0 saturated carbocycles. The molecule has 164 valence electrons. The van der Waals surface area contributed by atoms with E-state index in [1.54, 1.807) is 0 Å². The Kier molecular flexibility index (Phi) is 5.98. The molecule has 0 radical (unpaired) electrons. The van der Waals surface area contributed by atoms with Gasteiger partial charge in [-0.15, -0.1) is 0 Å². The van der Waals surface area contributed by atoms with Crippen LogP contribution in [0.5, 0.6) is 0 Å². The zero-order valence-corrected chi connectivity index (χ0v) is 19.5. The van der Waals surface area contributed by atoms with Gasteiger partial charge >= 0.3 is 5.97 Å². The van der Waals surface area contributed by atoms with Crippen molar-refractivity contribution in [3.05, 3.63) is 51.8 Å². The first-order valence-electron chi connectivity index (χ1n) is 11.0. The second-order valence-corrected chi connectivity index (χ2v) is 9.35. The van der Waals surface area contributed by atoms with Crippen LogP contribution in [0.4, 0.5) is 5.69 Å². The number of anilines is 1. The third kappa shape index (κ3) is 4.29. The summed E-state index contributed by atoms with van der Waals surface area (Å²) in [5, 5.41) is 10.9. The Morgan fingerprint density at radius 1 is 1.10 bits per heavy atom. The summed E-state index contributed by atoms with van der Waals surface area (Å²) in [5.74, 6) is -0.200. The van der Waals surface area contributed by atoms with E-state index in [1.165, 1.54) is 16.6 Å². The van der Waals surface area contributed by atoms with Crippen LogP contribution in [-0.4, -0.2) is 33.7 Å². The molecule has 1 aliphatic rings. The number of carboxylic acids is 1. The highest BCUT2D eigenvalue weighted by atomic mass is 35.5. The molecule has 0 amide bonds. The second kappa shape index (κ2) is 8.54. The molecule has 0 unspecified atom stereocenters. The Balaban J connectivity index is 1.72. The molecule has 1 aromatic carbocycles. The number of carbonyl (C=O) groups is 1. The number of aliphatic carboxylic acids is 1. The van der Waals surface area contributed by atoms with Crippen LogP contribution >= 0.6 is 11.6 Å². The first-order valence-corrected chi connectivity index (χ1v) is 11.4. The monoisotopic (exact) mass is 439 g/mol. The topological polar surface area (TPSA) is 58.4 Å². The number of aromatic nitrogens is 2. The Morgan fingerprint density at radius 2 is 1.74 bits per heavy atom. The molecule has 0 aliphatic carbocycles. The van der Waals surface area contributed by atoms with Gasteiger partial charge in [-0.25, -0.2) is 4.98 Å². The molecule has 0 bridgehead atoms. The van der Waals surface area contributed by atoms with Gasteiger partial charge in [0, 0.05) is 47.5 Å². The number of aryl methyl sites for hydroxylation is 4. The first-order chi connectivity index (χ1) is 14.7. The summed E-state index contributed by atoms with van der Waals surface area (Å²) in [6, 6.07) is 6.20. The molecule has 1 fully saturated rings. The van der Waals surface area contributed by atoms with Gasteiger partial charge < -0.3 is 14.6 Å². The lowest BCUT2D eigenvalue weighted by Crippen LogP contribution is -2.34. The molecule has 6 heteroatoms. The summed E-state index contributed by atoms with van der Waals surface area (Å²) >= 11 is 6.27. The van der Waals surface area contributed by atoms with Crippen molar-refractivity contribution in [1.82, 2.24) is 9.55 Å². The summed E-state index contributed by atoms with van der Waals surface area (Å²) in [6.07, 6.45) is 5.30. The van der Waals surface area contributed by atoms with Gasteiger partial charge in [0.2, 0.25) is 0 Å². The van der Waals surface area contributed by atoms with Crippen LogP contribution in [0.25, 0.3) is 16.7 Å². The smallest absolute Gasteiger partial charge is 0.303 e. The maximum atomic E-state index is 10.9. The lowest BCUT2D eigenvalue weighted by atomic mass is 9.91. The van der Waals surface area contributed by atoms with E-state index in [0.717, 1.165) is 65.5 Å². The summed E-state index contributed by atoms with van der Waals surface area (Å²) in [6.45, 7) is 10.3. The molecule has 5 nitrogen and oxygen atoms in total. The third-order valence-corrected chi connectivity index (χ3v) is 6.69. The molecule has 2 aromatic heterocycles.